The highest BCUT2D eigenvalue weighted by Crippen LogP contribution is 2.37. The minimum absolute atomic E-state index is 0.116. The predicted octanol–water partition coefficient (Wildman–Crippen LogP) is 3.08. The van der Waals surface area contributed by atoms with Gasteiger partial charge in [-0.05, 0) is 25.0 Å². The van der Waals surface area contributed by atoms with E-state index in [1.807, 2.05) is 5.32 Å². The van der Waals surface area contributed by atoms with Gasteiger partial charge in [-0.25, -0.2) is 0 Å². The number of carbonyl (C=O) groups is 2. The van der Waals surface area contributed by atoms with Crippen LogP contribution in [0.2, 0.25) is 0 Å². The lowest BCUT2D eigenvalue weighted by Gasteiger charge is -2.20. The van der Waals surface area contributed by atoms with E-state index in [0.717, 1.165) is 6.42 Å². The summed E-state index contributed by atoms with van der Waals surface area (Å²) in [7, 11) is 0. The highest BCUT2D eigenvalue weighted by Gasteiger charge is 2.23. The summed E-state index contributed by atoms with van der Waals surface area (Å²) in [5, 5.41) is 4.90. The van der Waals surface area contributed by atoms with Crippen LogP contribution in [0.1, 0.15) is 55.2 Å². The molecule has 1 heterocycles. The zero-order valence-electron chi connectivity index (χ0n) is 17.5. The molecule has 1 amide bonds. The van der Waals surface area contributed by atoms with Gasteiger partial charge in [0.15, 0.2) is 23.8 Å². The molecule has 2 aromatic carbocycles. The molecule has 0 saturated carbocycles. The Hall–Kier alpha value is -2.86. The Labute approximate surface area is 171 Å². The second kappa shape index (κ2) is 9.09. The van der Waals surface area contributed by atoms with Crippen molar-refractivity contribution in [1.82, 2.24) is 0 Å². The number of aryl methyl sites for hydroxylation is 1. The van der Waals surface area contributed by atoms with Crippen LogP contribution in [0.15, 0.2) is 36.4 Å². The molecule has 0 radical (unpaired) electrons. The summed E-state index contributed by atoms with van der Waals surface area (Å²) in [5.41, 5.74) is 3.37. The third-order valence-electron chi connectivity index (χ3n) is 5.21. The van der Waals surface area contributed by atoms with Gasteiger partial charge in [0.25, 0.3) is 5.91 Å². The van der Waals surface area contributed by atoms with Crippen molar-refractivity contribution < 1.29 is 24.4 Å². The molecule has 3 rings (SSSR count). The van der Waals surface area contributed by atoms with E-state index in [4.69, 9.17) is 9.47 Å². The largest absolute Gasteiger partial charge is 0.454 e. The molecular formula is C23H29N2O4+. The number of hydrogen-bond acceptors (Lipinski definition) is 4. The molecule has 0 aromatic heterocycles. The molecule has 1 aliphatic rings. The molecule has 0 aliphatic carbocycles. The second-order valence-electron chi connectivity index (χ2n) is 7.66. The minimum Gasteiger partial charge on any atom is -0.454 e. The fraction of sp³-hybridized carbons (Fsp3) is 0.391. The number of hydrogen-bond donors (Lipinski definition) is 2. The second-order valence-corrected chi connectivity index (χ2v) is 7.66. The molecule has 1 aliphatic heterocycles. The molecule has 0 bridgehead atoms. The van der Waals surface area contributed by atoms with Crippen LogP contribution in [0.3, 0.4) is 0 Å². The quantitative estimate of drug-likeness (QED) is 0.671. The van der Waals surface area contributed by atoms with Gasteiger partial charge in [0.05, 0.1) is 5.69 Å². The summed E-state index contributed by atoms with van der Waals surface area (Å²) >= 11 is 0. The molecule has 0 unspecified atom stereocenters. The first-order valence-corrected chi connectivity index (χ1v) is 10.1. The van der Waals surface area contributed by atoms with Crippen LogP contribution >= 0.6 is 0 Å². The van der Waals surface area contributed by atoms with Crippen molar-refractivity contribution in [3.8, 4) is 11.5 Å². The van der Waals surface area contributed by atoms with E-state index < -0.39 is 0 Å². The van der Waals surface area contributed by atoms with Gasteiger partial charge in [0, 0.05) is 23.1 Å². The van der Waals surface area contributed by atoms with Crippen LogP contribution in [-0.2, 0) is 11.2 Å². The topological polar surface area (TPSA) is 81.2 Å². The number of amides is 1. The number of anilines is 1. The van der Waals surface area contributed by atoms with Gasteiger partial charge in [0.1, 0.15) is 6.04 Å². The van der Waals surface area contributed by atoms with Gasteiger partial charge in [-0.1, -0.05) is 45.0 Å². The van der Waals surface area contributed by atoms with Crippen molar-refractivity contribution in [2.45, 2.75) is 40.2 Å². The van der Waals surface area contributed by atoms with E-state index in [1.165, 1.54) is 18.1 Å². The van der Waals surface area contributed by atoms with Crippen molar-refractivity contribution in [1.29, 1.82) is 0 Å². The summed E-state index contributed by atoms with van der Waals surface area (Å²) < 4.78 is 10.7. The van der Waals surface area contributed by atoms with Crippen LogP contribution < -0.4 is 20.1 Å². The number of ketones is 1. The Morgan fingerprint density at radius 3 is 2.34 bits per heavy atom. The number of nitrogens with one attached hydrogen (secondary N) is 1. The standard InChI is InChI=1S/C23H28N2O4/c1-5-16-6-8-17(9-7-16)23(14(2)3)24-12-22(27)25-19-11-21-20(28-13-29-21)10-18(19)15(4)26/h6-11,14,23-24H,5,12-13H2,1-4H3,(H,25,27)/p+1/t23-/m1/s1. The highest BCUT2D eigenvalue weighted by molar-refractivity contribution is 6.04. The Morgan fingerprint density at radius 2 is 1.76 bits per heavy atom. The Bertz CT molecular complexity index is 890. The molecular weight excluding hydrogens is 368 g/mol. The molecule has 0 spiro atoms. The molecule has 0 fully saturated rings. The molecule has 2 aromatic rings. The van der Waals surface area contributed by atoms with Gasteiger partial charge in [-0.3, -0.25) is 9.59 Å². The normalized spacial score (nSPS) is 13.4. The molecule has 29 heavy (non-hydrogen) atoms. The number of carbonyl (C=O) groups excluding carboxylic acids is 2. The number of rotatable bonds is 8. The van der Waals surface area contributed by atoms with Gasteiger partial charge in [-0.15, -0.1) is 0 Å². The van der Waals surface area contributed by atoms with E-state index >= 15 is 0 Å². The third-order valence-corrected chi connectivity index (χ3v) is 5.21. The van der Waals surface area contributed by atoms with E-state index in [2.05, 4.69) is 50.4 Å². The Kier molecular flexibility index (Phi) is 6.54. The summed E-state index contributed by atoms with van der Waals surface area (Å²) in [6.07, 6.45) is 1.01. The maximum absolute atomic E-state index is 12.6. The maximum Gasteiger partial charge on any atom is 0.279 e. The van der Waals surface area contributed by atoms with Crippen LogP contribution in [0.25, 0.3) is 0 Å². The smallest absolute Gasteiger partial charge is 0.279 e. The number of quaternary nitrogens is 1. The third kappa shape index (κ3) is 4.95. The van der Waals surface area contributed by atoms with Gasteiger partial charge in [-0.2, -0.15) is 0 Å². The minimum atomic E-state index is -0.165. The average Bonchev–Trinajstić information content (AvgIpc) is 3.15. The molecule has 6 nitrogen and oxygen atoms in total. The maximum atomic E-state index is 12.6. The lowest BCUT2D eigenvalue weighted by molar-refractivity contribution is -0.692. The molecule has 154 valence electrons. The summed E-state index contributed by atoms with van der Waals surface area (Å²) in [4.78, 5) is 24.6. The van der Waals surface area contributed by atoms with Crippen molar-refractivity contribution in [3.05, 3.63) is 53.1 Å². The first-order valence-electron chi connectivity index (χ1n) is 10.1. The van der Waals surface area contributed by atoms with Gasteiger partial charge < -0.3 is 20.1 Å². The van der Waals surface area contributed by atoms with Crippen molar-refractivity contribution in [2.24, 2.45) is 5.92 Å². The summed E-state index contributed by atoms with van der Waals surface area (Å²) in [5.74, 6) is 1.12. The number of benzene rings is 2. The van der Waals surface area contributed by atoms with Crippen molar-refractivity contribution in [3.63, 3.8) is 0 Å². The van der Waals surface area contributed by atoms with Crippen LogP contribution in [-0.4, -0.2) is 25.0 Å². The summed E-state index contributed by atoms with van der Waals surface area (Å²) in [6, 6.07) is 12.0. The molecule has 6 heteroatoms. The highest BCUT2D eigenvalue weighted by atomic mass is 16.7. The molecule has 1 atom stereocenters. The average molecular weight is 397 g/mol. The molecule has 0 saturated heterocycles. The van der Waals surface area contributed by atoms with E-state index in [1.54, 1.807) is 12.1 Å². The fourth-order valence-electron chi connectivity index (χ4n) is 3.54. The summed E-state index contributed by atoms with van der Waals surface area (Å²) in [6.45, 7) is 8.27. The Balaban J connectivity index is 1.69. The number of fused-ring (bicyclic) bond motifs is 1. The SMILES string of the molecule is CCc1ccc([C@H]([NH2+]CC(=O)Nc2cc3c(cc2C(C)=O)OCO3)C(C)C)cc1. The fourth-order valence-corrected chi connectivity index (χ4v) is 3.54. The lowest BCUT2D eigenvalue weighted by atomic mass is 9.95. The molecule has 3 N–H and O–H groups in total. The van der Waals surface area contributed by atoms with Crippen molar-refractivity contribution >= 4 is 17.4 Å². The van der Waals surface area contributed by atoms with Gasteiger partial charge in [0.2, 0.25) is 6.79 Å². The predicted molar refractivity (Wildman–Crippen MR) is 111 cm³/mol. The van der Waals surface area contributed by atoms with Crippen molar-refractivity contribution in [2.75, 3.05) is 18.7 Å². The van der Waals surface area contributed by atoms with Gasteiger partial charge >= 0.3 is 0 Å². The van der Waals surface area contributed by atoms with Crippen LogP contribution in [0.4, 0.5) is 5.69 Å². The van der Waals surface area contributed by atoms with E-state index in [0.29, 0.717) is 28.7 Å². The first kappa shape index (κ1) is 20.9. The number of ether oxygens (including phenoxy) is 2. The Morgan fingerprint density at radius 1 is 1.10 bits per heavy atom. The van der Waals surface area contributed by atoms with E-state index in [-0.39, 0.29) is 31.1 Å². The van der Waals surface area contributed by atoms with Crippen LogP contribution in [0.5, 0.6) is 11.5 Å². The number of nitrogens with two attached hydrogens (primary N) is 1. The van der Waals surface area contributed by atoms with E-state index in [9.17, 15) is 9.59 Å². The van der Waals surface area contributed by atoms with Crippen LogP contribution in [0, 0.1) is 5.92 Å². The zero-order valence-corrected chi connectivity index (χ0v) is 17.5. The lowest BCUT2D eigenvalue weighted by Crippen LogP contribution is -2.88. The first-order chi connectivity index (χ1) is 13.9. The monoisotopic (exact) mass is 397 g/mol. The number of Topliss-reactive ketones (excluding diaryl/α,β-unsaturated/α-hetero) is 1. The zero-order chi connectivity index (χ0) is 21.0.